The van der Waals surface area contributed by atoms with E-state index in [1.54, 1.807) is 14.2 Å². The highest BCUT2D eigenvalue weighted by Crippen LogP contribution is 2.49. The largest absolute Gasteiger partial charge is 0.497 e. The van der Waals surface area contributed by atoms with Crippen LogP contribution in [0.25, 0.3) is 0 Å². The summed E-state index contributed by atoms with van der Waals surface area (Å²) in [5, 5.41) is 0. The van der Waals surface area contributed by atoms with Crippen molar-refractivity contribution in [2.24, 2.45) is 0 Å². The van der Waals surface area contributed by atoms with Crippen LogP contribution in [0, 0.1) is 13.8 Å². The molecule has 3 heterocycles. The number of ether oxygens (including phenoxy) is 2. The third-order valence-electron chi connectivity index (χ3n) is 8.28. The van der Waals surface area contributed by atoms with Crippen LogP contribution in [0.4, 0.5) is 4.79 Å². The van der Waals surface area contributed by atoms with Gasteiger partial charge in [-0.15, -0.1) is 0 Å². The number of carbonyl (C=O) groups excluding carboxylic acids is 1. The summed E-state index contributed by atoms with van der Waals surface area (Å²) < 4.78 is 11.3. The molecule has 0 radical (unpaired) electrons. The number of urea groups is 1. The smallest absolute Gasteiger partial charge is 0.325 e. The van der Waals surface area contributed by atoms with Gasteiger partial charge < -0.3 is 14.4 Å². The van der Waals surface area contributed by atoms with E-state index in [1.165, 1.54) is 22.4 Å². The van der Waals surface area contributed by atoms with Crippen LogP contribution in [0.5, 0.6) is 11.5 Å². The Kier molecular flexibility index (Phi) is 6.50. The topological polar surface area (TPSA) is 45.3 Å². The molecule has 2 aromatic carbocycles. The first-order valence-corrected chi connectivity index (χ1v) is 13.2. The van der Waals surface area contributed by atoms with Crippen LogP contribution in [0.15, 0.2) is 42.1 Å². The summed E-state index contributed by atoms with van der Waals surface area (Å²) in [4.78, 5) is 20.5. The van der Waals surface area contributed by atoms with Crippen molar-refractivity contribution >= 4 is 6.03 Å². The van der Waals surface area contributed by atoms with Crippen molar-refractivity contribution in [3.05, 3.63) is 69.9 Å². The van der Waals surface area contributed by atoms with E-state index in [0.717, 1.165) is 55.1 Å². The first kappa shape index (κ1) is 24.7. The first-order chi connectivity index (χ1) is 17.3. The predicted octanol–water partition coefficient (Wildman–Crippen LogP) is 5.61. The molecule has 6 heteroatoms. The molecule has 0 bridgehead atoms. The maximum atomic E-state index is 13.8. The van der Waals surface area contributed by atoms with Gasteiger partial charge in [-0.3, -0.25) is 9.80 Å². The van der Waals surface area contributed by atoms with Gasteiger partial charge in [0.05, 0.1) is 26.3 Å². The lowest BCUT2D eigenvalue weighted by Crippen LogP contribution is -2.53. The average molecular weight is 490 g/mol. The second-order valence-corrected chi connectivity index (χ2v) is 10.7. The van der Waals surface area contributed by atoms with Crippen LogP contribution in [0.1, 0.15) is 60.4 Å². The van der Waals surface area contributed by atoms with Crippen LogP contribution < -0.4 is 9.47 Å². The molecule has 0 saturated carbocycles. The Bertz CT molecular complexity index is 1180. The normalized spacial score (nSPS) is 21.2. The van der Waals surface area contributed by atoms with Gasteiger partial charge in [0, 0.05) is 49.4 Å². The Balaban J connectivity index is 1.46. The number of aryl methyl sites for hydroxylation is 2. The monoisotopic (exact) mass is 489 g/mol. The number of nitrogens with zero attached hydrogens (tertiary/aromatic N) is 3. The van der Waals surface area contributed by atoms with E-state index < -0.39 is 0 Å². The van der Waals surface area contributed by atoms with Gasteiger partial charge in [-0.1, -0.05) is 42.3 Å². The maximum Gasteiger partial charge on any atom is 0.325 e. The van der Waals surface area contributed by atoms with Crippen molar-refractivity contribution in [3.8, 4) is 11.5 Å². The van der Waals surface area contributed by atoms with Gasteiger partial charge >= 0.3 is 6.03 Å². The molecule has 0 aromatic heterocycles. The second-order valence-electron chi connectivity index (χ2n) is 10.7. The Morgan fingerprint density at radius 1 is 1.00 bits per heavy atom. The summed E-state index contributed by atoms with van der Waals surface area (Å²) in [6, 6.07) is 11.0. The molecule has 2 aromatic rings. The van der Waals surface area contributed by atoms with Gasteiger partial charge in [0.1, 0.15) is 11.5 Å². The highest BCUT2D eigenvalue weighted by atomic mass is 16.5. The molecule has 0 aliphatic carbocycles. The highest BCUT2D eigenvalue weighted by molar-refractivity contribution is 5.83. The van der Waals surface area contributed by atoms with E-state index in [0.29, 0.717) is 13.1 Å². The van der Waals surface area contributed by atoms with E-state index in [1.807, 2.05) is 11.0 Å². The molecule has 1 atom stereocenters. The number of likely N-dealkylation sites (N-methyl/N-ethyl adjacent to an activating group) is 1. The Morgan fingerprint density at radius 2 is 1.69 bits per heavy atom. The van der Waals surface area contributed by atoms with Gasteiger partial charge in [-0.05, 0) is 50.8 Å². The Morgan fingerprint density at radius 3 is 2.31 bits per heavy atom. The lowest BCUT2D eigenvalue weighted by Gasteiger charge is -2.44. The third-order valence-corrected chi connectivity index (χ3v) is 8.28. The number of carbonyl (C=O) groups is 1. The molecule has 6 nitrogen and oxygen atoms in total. The molecule has 3 aliphatic rings. The zero-order valence-corrected chi connectivity index (χ0v) is 22.6. The summed E-state index contributed by atoms with van der Waals surface area (Å²) in [6.07, 6.45) is 4.22. The van der Waals surface area contributed by atoms with E-state index in [9.17, 15) is 4.79 Å². The van der Waals surface area contributed by atoms with Crippen molar-refractivity contribution < 1.29 is 14.3 Å². The molecule has 5 rings (SSSR count). The third kappa shape index (κ3) is 4.05. The number of piperidine rings is 1. The number of rotatable bonds is 5. The number of likely N-dealkylation sites (tertiary alicyclic amines) is 1. The molecular weight excluding hydrogens is 450 g/mol. The van der Waals surface area contributed by atoms with Crippen LogP contribution in [0.3, 0.4) is 0 Å². The minimum atomic E-state index is -0.252. The summed E-state index contributed by atoms with van der Waals surface area (Å²) in [7, 11) is 3.38. The fourth-order valence-corrected chi connectivity index (χ4v) is 6.76. The zero-order chi connectivity index (χ0) is 25.6. The molecule has 2 amide bonds. The van der Waals surface area contributed by atoms with Crippen molar-refractivity contribution in [3.63, 3.8) is 0 Å². The molecule has 2 fully saturated rings. The van der Waals surface area contributed by atoms with Crippen molar-refractivity contribution in [1.82, 2.24) is 14.7 Å². The molecule has 1 spiro atoms. The van der Waals surface area contributed by atoms with E-state index in [-0.39, 0.29) is 17.5 Å². The Labute approximate surface area is 215 Å². The van der Waals surface area contributed by atoms with Gasteiger partial charge in [-0.2, -0.15) is 0 Å². The molecule has 3 aliphatic heterocycles. The van der Waals surface area contributed by atoms with Gasteiger partial charge in [0.15, 0.2) is 0 Å². The molecule has 36 heavy (non-hydrogen) atoms. The standard InChI is InChI=1S/C30H39N3O3/c1-7-33-29(34)32-19-24-16-25(35-5)17-26(36-6)28(24)22(4)15-27(32)30(33)8-10-31(11-9-30)18-23-13-20(2)12-21(3)14-23/h12-17,22H,7-11,18-19H2,1-6H3/t22-/m1/s1. The summed E-state index contributed by atoms with van der Waals surface area (Å²) in [6.45, 7) is 12.8. The van der Waals surface area contributed by atoms with Gasteiger partial charge in [0.2, 0.25) is 0 Å². The van der Waals surface area contributed by atoms with Crippen LogP contribution in [-0.2, 0) is 13.1 Å². The minimum Gasteiger partial charge on any atom is -0.497 e. The average Bonchev–Trinajstić information content (AvgIpc) is 2.95. The van der Waals surface area contributed by atoms with Crippen molar-refractivity contribution in [2.75, 3.05) is 33.9 Å². The SMILES string of the molecule is CCN1C(=O)N2Cc3cc(OC)cc(OC)c3[C@H](C)C=C2C12CCN(Cc1cc(C)cc(C)c1)CC2. The van der Waals surface area contributed by atoms with Crippen LogP contribution in [0.2, 0.25) is 0 Å². The highest BCUT2D eigenvalue weighted by Gasteiger charge is 2.54. The number of hydrogen-bond acceptors (Lipinski definition) is 4. The lowest BCUT2D eigenvalue weighted by atomic mass is 9.82. The number of fused-ring (bicyclic) bond motifs is 3. The van der Waals surface area contributed by atoms with E-state index in [2.05, 4.69) is 67.8 Å². The first-order valence-electron chi connectivity index (χ1n) is 13.2. The second kappa shape index (κ2) is 9.47. The fraction of sp³-hybridized carbons (Fsp3) is 0.500. The summed E-state index contributed by atoms with van der Waals surface area (Å²) >= 11 is 0. The number of benzene rings is 2. The number of hydrogen-bond donors (Lipinski definition) is 0. The van der Waals surface area contributed by atoms with Gasteiger partial charge in [0.25, 0.3) is 0 Å². The van der Waals surface area contributed by atoms with Gasteiger partial charge in [-0.25, -0.2) is 4.79 Å². The number of allylic oxidation sites excluding steroid dienone is 1. The van der Waals surface area contributed by atoms with Crippen molar-refractivity contribution in [2.45, 2.75) is 65.1 Å². The molecule has 192 valence electrons. The lowest BCUT2D eigenvalue weighted by molar-refractivity contribution is 0.0888. The predicted molar refractivity (Wildman–Crippen MR) is 143 cm³/mol. The van der Waals surface area contributed by atoms with Crippen LogP contribution in [-0.4, -0.2) is 60.1 Å². The number of methoxy groups -OCH3 is 2. The zero-order valence-electron chi connectivity index (χ0n) is 22.6. The Hall–Kier alpha value is -2.99. The van der Waals surface area contributed by atoms with Crippen molar-refractivity contribution in [1.29, 1.82) is 0 Å². The van der Waals surface area contributed by atoms with E-state index in [4.69, 9.17) is 9.47 Å². The quantitative estimate of drug-likeness (QED) is 0.547. The molecule has 2 saturated heterocycles. The number of amides is 2. The molecular formula is C30H39N3O3. The van der Waals surface area contributed by atoms with E-state index >= 15 is 0 Å². The fourth-order valence-electron chi connectivity index (χ4n) is 6.76. The maximum absolute atomic E-state index is 13.8. The van der Waals surface area contributed by atoms with Crippen LogP contribution >= 0.6 is 0 Å². The molecule has 0 N–H and O–H groups in total. The summed E-state index contributed by atoms with van der Waals surface area (Å²) in [5.41, 5.74) is 7.17. The minimum absolute atomic E-state index is 0.119. The molecule has 0 unspecified atom stereocenters. The summed E-state index contributed by atoms with van der Waals surface area (Å²) in [5.74, 6) is 1.72.